The van der Waals surface area contributed by atoms with E-state index in [1.54, 1.807) is 0 Å². The molecule has 0 aromatic carbocycles. The van der Waals surface area contributed by atoms with Crippen LogP contribution >= 0.6 is 0 Å². The maximum atomic E-state index is 9.76. The average molecular weight is 214 g/mol. The maximum Gasteiger partial charge on any atom is 0.303 e. The van der Waals surface area contributed by atoms with Gasteiger partial charge in [-0.1, -0.05) is 13.3 Å². The number of hydrogen-bond acceptors (Lipinski definition) is 3. The molecule has 4 nitrogen and oxygen atoms in total. The highest BCUT2D eigenvalue weighted by molar-refractivity contribution is 5.66. The fourth-order valence-electron chi connectivity index (χ4n) is 1.12. The van der Waals surface area contributed by atoms with Crippen molar-refractivity contribution < 1.29 is 9.90 Å². The van der Waals surface area contributed by atoms with Gasteiger partial charge in [0.05, 0.1) is 6.67 Å². The van der Waals surface area contributed by atoms with Crippen molar-refractivity contribution in [1.82, 2.24) is 9.80 Å². The van der Waals surface area contributed by atoms with Crippen LogP contribution in [-0.2, 0) is 4.79 Å². The molecule has 1 aliphatic heterocycles. The number of carbonyl (C=O) groups is 1. The maximum absolute atomic E-state index is 9.76. The number of carboxylic acids is 1. The van der Waals surface area contributed by atoms with Crippen molar-refractivity contribution in [2.75, 3.05) is 20.3 Å². The molecule has 1 aliphatic rings. The van der Waals surface area contributed by atoms with Gasteiger partial charge >= 0.3 is 5.97 Å². The van der Waals surface area contributed by atoms with Gasteiger partial charge in [0.15, 0.2) is 0 Å². The smallest absolute Gasteiger partial charge is 0.303 e. The van der Waals surface area contributed by atoms with Crippen molar-refractivity contribution in [3.05, 3.63) is 12.4 Å². The van der Waals surface area contributed by atoms with Crippen LogP contribution in [0.15, 0.2) is 12.4 Å². The molecule has 1 rings (SSSR count). The van der Waals surface area contributed by atoms with Crippen LogP contribution < -0.4 is 0 Å². The molecule has 0 saturated carbocycles. The van der Waals surface area contributed by atoms with Gasteiger partial charge in [-0.05, 0) is 13.3 Å². The van der Waals surface area contributed by atoms with Crippen LogP contribution in [0.25, 0.3) is 0 Å². The molecular weight excluding hydrogens is 192 g/mol. The first-order valence-corrected chi connectivity index (χ1v) is 5.44. The molecule has 0 saturated heterocycles. The molecule has 88 valence electrons. The second-order valence-electron chi connectivity index (χ2n) is 3.60. The third-order valence-corrected chi connectivity index (χ3v) is 2.09. The predicted octanol–water partition coefficient (Wildman–Crippen LogP) is 1.94. The SMILES string of the molecule is CCCCC(=O)O.CCN1C=CN(C)C1. The molecule has 0 amide bonds. The summed E-state index contributed by atoms with van der Waals surface area (Å²) in [6.07, 6.45) is 6.28. The van der Waals surface area contributed by atoms with Crippen LogP contribution in [0, 0.1) is 0 Å². The molecule has 0 atom stereocenters. The molecule has 15 heavy (non-hydrogen) atoms. The van der Waals surface area contributed by atoms with Crippen molar-refractivity contribution in [2.45, 2.75) is 33.1 Å². The normalized spacial score (nSPS) is 13.8. The van der Waals surface area contributed by atoms with Gasteiger partial charge in [-0.25, -0.2) is 0 Å². The molecule has 0 bridgehead atoms. The lowest BCUT2D eigenvalue weighted by molar-refractivity contribution is -0.137. The van der Waals surface area contributed by atoms with Crippen LogP contribution in [0.2, 0.25) is 0 Å². The Morgan fingerprint density at radius 1 is 1.40 bits per heavy atom. The molecule has 1 N–H and O–H groups in total. The van der Waals surface area contributed by atoms with E-state index >= 15 is 0 Å². The van der Waals surface area contributed by atoms with Crippen molar-refractivity contribution in [2.24, 2.45) is 0 Å². The number of nitrogens with zero attached hydrogens (tertiary/aromatic N) is 2. The van der Waals surface area contributed by atoms with Gasteiger partial charge in [0, 0.05) is 32.4 Å². The first-order valence-electron chi connectivity index (χ1n) is 5.44. The third kappa shape index (κ3) is 7.85. The number of unbranched alkanes of at least 4 members (excludes halogenated alkanes) is 1. The summed E-state index contributed by atoms with van der Waals surface area (Å²) in [5, 5.41) is 8.04. The first-order chi connectivity index (χ1) is 7.10. The molecule has 0 radical (unpaired) electrons. The van der Waals surface area contributed by atoms with Crippen molar-refractivity contribution in [3.8, 4) is 0 Å². The molecule has 4 heteroatoms. The van der Waals surface area contributed by atoms with Crippen LogP contribution in [0.4, 0.5) is 0 Å². The Labute approximate surface area is 92.2 Å². The summed E-state index contributed by atoms with van der Waals surface area (Å²) in [4.78, 5) is 14.2. The van der Waals surface area contributed by atoms with Gasteiger partial charge in [-0.2, -0.15) is 0 Å². The summed E-state index contributed by atoms with van der Waals surface area (Å²) in [6, 6.07) is 0. The minimum atomic E-state index is -0.693. The summed E-state index contributed by atoms with van der Waals surface area (Å²) in [7, 11) is 2.08. The highest BCUT2D eigenvalue weighted by Gasteiger charge is 2.03. The van der Waals surface area contributed by atoms with Crippen LogP contribution in [-0.4, -0.2) is 41.1 Å². The van der Waals surface area contributed by atoms with Crippen LogP contribution in [0.5, 0.6) is 0 Å². The number of hydrogen-bond donors (Lipinski definition) is 1. The zero-order chi connectivity index (χ0) is 11.7. The lowest BCUT2D eigenvalue weighted by Crippen LogP contribution is -2.21. The highest BCUT2D eigenvalue weighted by atomic mass is 16.4. The fraction of sp³-hybridized carbons (Fsp3) is 0.727. The molecule has 0 aromatic heterocycles. The summed E-state index contributed by atoms with van der Waals surface area (Å²) >= 11 is 0. The molecule has 0 unspecified atom stereocenters. The Morgan fingerprint density at radius 3 is 2.27 bits per heavy atom. The van der Waals surface area contributed by atoms with Gasteiger partial charge in [0.1, 0.15) is 0 Å². The number of aliphatic carboxylic acids is 1. The Bertz CT molecular complexity index is 205. The lowest BCUT2D eigenvalue weighted by atomic mass is 10.3. The molecular formula is C11H22N2O2. The lowest BCUT2D eigenvalue weighted by Gasteiger charge is -2.14. The minimum absolute atomic E-state index is 0.316. The Kier molecular flexibility index (Phi) is 7.50. The summed E-state index contributed by atoms with van der Waals surface area (Å²) < 4.78 is 0. The topological polar surface area (TPSA) is 43.8 Å². The van der Waals surface area contributed by atoms with Gasteiger partial charge in [-0.3, -0.25) is 4.79 Å². The molecule has 0 spiro atoms. The number of rotatable bonds is 4. The standard InChI is InChI=1S/C6H12N2.C5H10O2/c1-3-8-5-4-7(2)6-8;1-2-3-4-5(6)7/h4-5H,3,6H2,1-2H3;2-4H2,1H3,(H,6,7). The predicted molar refractivity (Wildman–Crippen MR) is 61.3 cm³/mol. The van der Waals surface area contributed by atoms with E-state index in [0.717, 1.165) is 26.1 Å². The largest absolute Gasteiger partial charge is 0.481 e. The second-order valence-corrected chi connectivity index (χ2v) is 3.60. The zero-order valence-electron chi connectivity index (χ0n) is 9.94. The number of carboxylic acid groups (broad SMARTS) is 1. The summed E-state index contributed by atoms with van der Waals surface area (Å²) in [5.41, 5.74) is 0. The van der Waals surface area contributed by atoms with Crippen LogP contribution in [0.1, 0.15) is 33.1 Å². The Balaban J connectivity index is 0.000000265. The highest BCUT2D eigenvalue weighted by Crippen LogP contribution is 2.00. The third-order valence-electron chi connectivity index (χ3n) is 2.09. The van der Waals surface area contributed by atoms with E-state index in [0.29, 0.717) is 6.42 Å². The van der Waals surface area contributed by atoms with E-state index in [-0.39, 0.29) is 0 Å². The van der Waals surface area contributed by atoms with Crippen LogP contribution in [0.3, 0.4) is 0 Å². The van der Waals surface area contributed by atoms with Crippen molar-refractivity contribution in [3.63, 3.8) is 0 Å². The molecule has 0 aliphatic carbocycles. The van der Waals surface area contributed by atoms with Crippen molar-refractivity contribution >= 4 is 5.97 Å². The Hall–Kier alpha value is -1.19. The molecule has 1 heterocycles. The quantitative estimate of drug-likeness (QED) is 0.776. The first kappa shape index (κ1) is 13.8. The zero-order valence-corrected chi connectivity index (χ0v) is 9.94. The average Bonchev–Trinajstić information content (AvgIpc) is 2.62. The van der Waals surface area contributed by atoms with Gasteiger partial charge in [0.25, 0.3) is 0 Å². The Morgan fingerprint density at radius 2 is 2.07 bits per heavy atom. The monoisotopic (exact) mass is 214 g/mol. The second kappa shape index (κ2) is 8.15. The fourth-order valence-corrected chi connectivity index (χ4v) is 1.12. The van der Waals surface area contributed by atoms with E-state index < -0.39 is 5.97 Å². The molecule has 0 aromatic rings. The van der Waals surface area contributed by atoms with E-state index in [9.17, 15) is 4.79 Å². The molecule has 0 fully saturated rings. The van der Waals surface area contributed by atoms with E-state index in [2.05, 4.69) is 36.2 Å². The van der Waals surface area contributed by atoms with Crippen molar-refractivity contribution in [1.29, 1.82) is 0 Å². The minimum Gasteiger partial charge on any atom is -0.481 e. The van der Waals surface area contributed by atoms with Gasteiger partial charge in [0.2, 0.25) is 0 Å². The van der Waals surface area contributed by atoms with Gasteiger partial charge < -0.3 is 14.9 Å². The van der Waals surface area contributed by atoms with E-state index in [4.69, 9.17) is 5.11 Å². The van der Waals surface area contributed by atoms with E-state index in [1.807, 2.05) is 6.92 Å². The summed E-state index contributed by atoms with van der Waals surface area (Å²) in [5.74, 6) is -0.693. The van der Waals surface area contributed by atoms with E-state index in [1.165, 1.54) is 0 Å². The summed E-state index contributed by atoms with van der Waals surface area (Å²) in [6.45, 7) is 6.30. The van der Waals surface area contributed by atoms with Gasteiger partial charge in [-0.15, -0.1) is 0 Å².